The van der Waals surface area contributed by atoms with E-state index in [1.165, 1.54) is 11.1 Å². The van der Waals surface area contributed by atoms with E-state index in [4.69, 9.17) is 4.74 Å². The average molecular weight is 319 g/mol. The van der Waals surface area contributed by atoms with Gasteiger partial charge in [-0.1, -0.05) is 24.3 Å². The molecule has 118 valence electrons. The van der Waals surface area contributed by atoms with Crippen molar-refractivity contribution < 1.29 is 13.2 Å². The second kappa shape index (κ2) is 4.56. The van der Waals surface area contributed by atoms with E-state index in [0.717, 1.165) is 25.7 Å². The van der Waals surface area contributed by atoms with Gasteiger partial charge in [0.25, 0.3) is 0 Å². The maximum absolute atomic E-state index is 13.2. The summed E-state index contributed by atoms with van der Waals surface area (Å²) >= 11 is 0. The van der Waals surface area contributed by atoms with Gasteiger partial charge >= 0.3 is 0 Å². The molecule has 1 aromatic rings. The molecule has 5 aliphatic rings. The molecule has 0 aromatic heterocycles. The van der Waals surface area contributed by atoms with Crippen molar-refractivity contribution in [3.8, 4) is 0 Å². The van der Waals surface area contributed by atoms with Crippen molar-refractivity contribution in [2.45, 2.75) is 49.7 Å². The summed E-state index contributed by atoms with van der Waals surface area (Å²) in [6.07, 6.45) is 4.45. The third-order valence-electron chi connectivity index (χ3n) is 6.17. The third kappa shape index (κ3) is 1.85. The zero-order valence-corrected chi connectivity index (χ0v) is 13.3. The van der Waals surface area contributed by atoms with Crippen molar-refractivity contribution in [2.75, 3.05) is 6.54 Å². The van der Waals surface area contributed by atoms with Gasteiger partial charge in [0.15, 0.2) is 0 Å². The molecule has 0 N–H and O–H groups in total. The first-order valence-electron chi connectivity index (χ1n) is 8.36. The van der Waals surface area contributed by atoms with E-state index in [1.807, 2.05) is 12.1 Å². The zero-order valence-electron chi connectivity index (χ0n) is 12.5. The molecule has 0 spiro atoms. The van der Waals surface area contributed by atoms with Gasteiger partial charge in [-0.05, 0) is 42.7 Å². The Labute approximate surface area is 131 Å². The first-order valence-corrected chi connectivity index (χ1v) is 9.86. The largest absolute Gasteiger partial charge is 0.369 e. The summed E-state index contributed by atoms with van der Waals surface area (Å²) in [5, 5.41) is -0.208. The maximum atomic E-state index is 13.2. The molecule has 22 heavy (non-hydrogen) atoms. The van der Waals surface area contributed by atoms with Crippen LogP contribution in [0.3, 0.4) is 0 Å². The average Bonchev–Trinajstić information content (AvgIpc) is 3.37. The van der Waals surface area contributed by atoms with Crippen LogP contribution >= 0.6 is 0 Å². The number of nitrogens with zero attached hydrogens (tertiary/aromatic N) is 1. The molecule has 3 aliphatic carbocycles. The van der Waals surface area contributed by atoms with Crippen molar-refractivity contribution in [3.63, 3.8) is 0 Å². The summed E-state index contributed by atoms with van der Waals surface area (Å²) in [6.45, 7) is 1.17. The van der Waals surface area contributed by atoms with Crippen LogP contribution in [0.25, 0.3) is 0 Å². The fourth-order valence-corrected chi connectivity index (χ4v) is 7.21. The topological polar surface area (TPSA) is 49.9 Å². The molecule has 0 amide bonds. The highest BCUT2D eigenvalue weighted by Gasteiger charge is 2.62. The van der Waals surface area contributed by atoms with Crippen LogP contribution < -0.4 is 0 Å². The molecule has 0 radical (unpaired) electrons. The molecule has 2 heterocycles. The molecule has 5 atom stereocenters. The van der Waals surface area contributed by atoms with E-state index < -0.39 is 10.0 Å². The van der Waals surface area contributed by atoms with Crippen LogP contribution in [0.4, 0.5) is 0 Å². The number of hydrogen-bond donors (Lipinski definition) is 0. The molecule has 6 rings (SSSR count). The van der Waals surface area contributed by atoms with Crippen LogP contribution in [-0.4, -0.2) is 36.7 Å². The molecule has 0 unspecified atom stereocenters. The fraction of sp³-hybridized carbons (Fsp3) is 0.647. The number of ether oxygens (including phenoxy) is 1. The van der Waals surface area contributed by atoms with E-state index in [2.05, 4.69) is 12.1 Å². The molecule has 2 aliphatic heterocycles. The van der Waals surface area contributed by atoms with E-state index in [9.17, 15) is 8.42 Å². The number of epoxide rings is 1. The second-order valence-corrected chi connectivity index (χ2v) is 9.39. The van der Waals surface area contributed by atoms with Gasteiger partial charge in [0.2, 0.25) is 10.0 Å². The van der Waals surface area contributed by atoms with Gasteiger partial charge in [0.1, 0.15) is 0 Å². The minimum absolute atomic E-state index is 0.208. The Bertz CT molecular complexity index is 716. The van der Waals surface area contributed by atoms with Crippen LogP contribution in [0, 0.1) is 11.8 Å². The number of sulfonamides is 1. The normalized spacial score (nSPS) is 40.1. The Balaban J connectivity index is 1.43. The summed E-state index contributed by atoms with van der Waals surface area (Å²) in [5.41, 5.74) is 2.46. The third-order valence-corrected chi connectivity index (χ3v) is 8.51. The number of hydrogen-bond acceptors (Lipinski definition) is 3. The van der Waals surface area contributed by atoms with Gasteiger partial charge in [-0.3, -0.25) is 0 Å². The van der Waals surface area contributed by atoms with Crippen LogP contribution in [0.2, 0.25) is 0 Å². The number of benzene rings is 1. The lowest BCUT2D eigenvalue weighted by molar-refractivity contribution is 0.213. The minimum Gasteiger partial charge on any atom is -0.369 e. The van der Waals surface area contributed by atoms with Gasteiger partial charge in [0.05, 0.1) is 17.5 Å². The quantitative estimate of drug-likeness (QED) is 0.783. The van der Waals surface area contributed by atoms with Gasteiger partial charge < -0.3 is 4.74 Å². The highest BCUT2D eigenvalue weighted by Crippen LogP contribution is 2.55. The van der Waals surface area contributed by atoms with Crippen LogP contribution in [0.5, 0.6) is 0 Å². The lowest BCUT2D eigenvalue weighted by atomic mass is 9.70. The van der Waals surface area contributed by atoms with E-state index >= 15 is 0 Å². The first kappa shape index (κ1) is 13.5. The Morgan fingerprint density at radius 3 is 2.73 bits per heavy atom. The Morgan fingerprint density at radius 2 is 1.91 bits per heavy atom. The summed E-state index contributed by atoms with van der Waals surface area (Å²) in [4.78, 5) is 0. The first-order chi connectivity index (χ1) is 10.6. The van der Waals surface area contributed by atoms with Gasteiger partial charge in [-0.25, -0.2) is 8.42 Å². The van der Waals surface area contributed by atoms with Crippen molar-refractivity contribution >= 4 is 10.0 Å². The number of rotatable bonds is 2. The lowest BCUT2D eigenvalue weighted by Gasteiger charge is -2.41. The highest BCUT2D eigenvalue weighted by molar-refractivity contribution is 7.89. The Kier molecular flexibility index (Phi) is 2.80. The molecule has 5 heteroatoms. The van der Waals surface area contributed by atoms with Gasteiger partial charge in [0, 0.05) is 19.0 Å². The van der Waals surface area contributed by atoms with Crippen LogP contribution in [0.15, 0.2) is 24.3 Å². The van der Waals surface area contributed by atoms with Crippen LogP contribution in [0.1, 0.15) is 30.4 Å². The minimum atomic E-state index is -3.21. The molecule has 3 saturated carbocycles. The fourth-order valence-electron chi connectivity index (χ4n) is 4.94. The van der Waals surface area contributed by atoms with E-state index in [1.54, 1.807) is 4.31 Å². The molecule has 4 nitrogen and oxygen atoms in total. The monoisotopic (exact) mass is 319 g/mol. The second-order valence-electron chi connectivity index (χ2n) is 7.24. The molecule has 2 bridgehead atoms. The summed E-state index contributed by atoms with van der Waals surface area (Å²) in [6, 6.07) is 8.21. The molecule has 1 saturated heterocycles. The van der Waals surface area contributed by atoms with Gasteiger partial charge in [-0.2, -0.15) is 4.31 Å². The summed E-state index contributed by atoms with van der Waals surface area (Å²) in [5.74, 6) is 0.712. The van der Waals surface area contributed by atoms with Crippen molar-refractivity contribution in [3.05, 3.63) is 35.4 Å². The zero-order chi connectivity index (χ0) is 14.9. The molecule has 4 fully saturated rings. The molecule has 1 aromatic carbocycles. The summed E-state index contributed by atoms with van der Waals surface area (Å²) in [7, 11) is -3.21. The Morgan fingerprint density at radius 1 is 1.09 bits per heavy atom. The van der Waals surface area contributed by atoms with Gasteiger partial charge in [-0.15, -0.1) is 0 Å². The molecular formula is C17H21NO3S. The van der Waals surface area contributed by atoms with Crippen LogP contribution in [-0.2, 0) is 27.7 Å². The predicted octanol–water partition coefficient (Wildman–Crippen LogP) is 1.94. The van der Waals surface area contributed by atoms with Crippen molar-refractivity contribution in [2.24, 2.45) is 11.8 Å². The smallest absolute Gasteiger partial charge is 0.217 e. The number of fused-ring (bicyclic) bond motifs is 3. The SMILES string of the molecule is O=S(=O)([C@@H]1C[C@H]2CC[C@@H]1[C@@H]1O[C@H]21)N1CCc2ccccc2C1. The van der Waals surface area contributed by atoms with Crippen molar-refractivity contribution in [1.29, 1.82) is 0 Å². The maximum Gasteiger partial charge on any atom is 0.217 e. The predicted molar refractivity (Wildman–Crippen MR) is 82.8 cm³/mol. The van der Waals surface area contributed by atoms with Crippen molar-refractivity contribution in [1.82, 2.24) is 4.31 Å². The highest BCUT2D eigenvalue weighted by atomic mass is 32.2. The van der Waals surface area contributed by atoms with E-state index in [0.29, 0.717) is 25.1 Å². The lowest BCUT2D eigenvalue weighted by Crippen LogP contribution is -2.51. The van der Waals surface area contributed by atoms with E-state index in [-0.39, 0.29) is 17.3 Å². The molecular weight excluding hydrogens is 298 g/mol. The summed E-state index contributed by atoms with van der Waals surface area (Å²) < 4.78 is 33.8. The Hall–Kier alpha value is -0.910. The standard InChI is InChI=1S/C17H21NO3S/c19-22(20,15-9-12-5-6-14(15)17-16(12)21-17)18-8-7-11-3-1-2-4-13(11)10-18/h1-4,12,14-17H,5-10H2/t12-,14+,15-,16-,17+/m1/s1.